The summed E-state index contributed by atoms with van der Waals surface area (Å²) in [6.07, 6.45) is 0.619. The number of aliphatic hydroxyl groups excluding tert-OH is 1. The molecule has 0 radical (unpaired) electrons. The highest BCUT2D eigenvalue weighted by atomic mass is 35.5. The highest BCUT2D eigenvalue weighted by molar-refractivity contribution is 6.31. The van der Waals surface area contributed by atoms with Gasteiger partial charge in [-0.1, -0.05) is 31.5 Å². The van der Waals surface area contributed by atoms with Crippen molar-refractivity contribution in [2.75, 3.05) is 6.61 Å². The molecule has 0 saturated heterocycles. The molecule has 1 rings (SSSR count). The minimum atomic E-state index is -0.422. The molecule has 1 atom stereocenters. The Bertz CT molecular complexity index is 437. The van der Waals surface area contributed by atoms with E-state index in [0.29, 0.717) is 12.0 Å². The van der Waals surface area contributed by atoms with Gasteiger partial charge in [0.15, 0.2) is 0 Å². The topological polar surface area (TPSA) is 49.3 Å². The van der Waals surface area contributed by atoms with Gasteiger partial charge in [0.2, 0.25) is 5.91 Å². The van der Waals surface area contributed by atoms with E-state index in [2.05, 4.69) is 5.32 Å². The molecule has 0 heterocycles. The molecule has 1 unspecified atom stereocenters. The fourth-order valence-electron chi connectivity index (χ4n) is 1.81. The summed E-state index contributed by atoms with van der Waals surface area (Å²) < 4.78 is 12.9. The second-order valence-corrected chi connectivity index (χ2v) is 5.25. The number of nitrogens with one attached hydrogen (secondary N) is 1. The first-order chi connectivity index (χ1) is 8.93. The lowest BCUT2D eigenvalue weighted by atomic mass is 10.0. The van der Waals surface area contributed by atoms with Gasteiger partial charge < -0.3 is 10.4 Å². The fourth-order valence-corrected chi connectivity index (χ4v) is 2.04. The summed E-state index contributed by atoms with van der Waals surface area (Å²) in [7, 11) is 0. The Hall–Kier alpha value is -1.13. The van der Waals surface area contributed by atoms with Gasteiger partial charge in [0.25, 0.3) is 0 Å². The van der Waals surface area contributed by atoms with Gasteiger partial charge in [0, 0.05) is 17.7 Å². The molecule has 0 spiro atoms. The van der Waals surface area contributed by atoms with E-state index < -0.39 is 5.82 Å². The van der Waals surface area contributed by atoms with E-state index in [9.17, 15) is 9.18 Å². The zero-order valence-electron chi connectivity index (χ0n) is 11.1. The van der Waals surface area contributed by atoms with Crippen molar-refractivity contribution in [2.24, 2.45) is 5.92 Å². The molecule has 106 valence electrons. The summed E-state index contributed by atoms with van der Waals surface area (Å²) in [6, 6.07) is 3.91. The van der Waals surface area contributed by atoms with Crippen molar-refractivity contribution in [3.05, 3.63) is 34.6 Å². The second kappa shape index (κ2) is 7.46. The van der Waals surface area contributed by atoms with Crippen LogP contribution in [-0.2, 0) is 11.2 Å². The van der Waals surface area contributed by atoms with E-state index in [4.69, 9.17) is 16.7 Å². The fraction of sp³-hybridized carbons (Fsp3) is 0.500. The SMILES string of the molecule is CC(C)C(CCO)NC(=O)Cc1ccc(F)cc1Cl. The maximum atomic E-state index is 12.9. The van der Waals surface area contributed by atoms with E-state index >= 15 is 0 Å². The van der Waals surface area contributed by atoms with Crippen LogP contribution in [0, 0.1) is 11.7 Å². The quantitative estimate of drug-likeness (QED) is 0.845. The Labute approximate surface area is 117 Å². The number of rotatable bonds is 6. The van der Waals surface area contributed by atoms with Crippen LogP contribution in [0.3, 0.4) is 0 Å². The molecule has 2 N–H and O–H groups in total. The maximum absolute atomic E-state index is 12.9. The van der Waals surface area contributed by atoms with Crippen molar-refractivity contribution in [2.45, 2.75) is 32.7 Å². The highest BCUT2D eigenvalue weighted by Gasteiger charge is 2.16. The normalized spacial score (nSPS) is 12.5. The highest BCUT2D eigenvalue weighted by Crippen LogP contribution is 2.18. The predicted octanol–water partition coefficient (Wildman–Crippen LogP) is 2.54. The van der Waals surface area contributed by atoms with Crippen molar-refractivity contribution < 1.29 is 14.3 Å². The molecular formula is C14H19ClFNO2. The largest absolute Gasteiger partial charge is 0.396 e. The zero-order chi connectivity index (χ0) is 14.4. The monoisotopic (exact) mass is 287 g/mol. The van der Waals surface area contributed by atoms with Gasteiger partial charge in [0.1, 0.15) is 5.82 Å². The van der Waals surface area contributed by atoms with E-state index in [1.165, 1.54) is 18.2 Å². The Morgan fingerprint density at radius 1 is 1.47 bits per heavy atom. The summed E-state index contributed by atoms with van der Waals surface area (Å²) in [6.45, 7) is 3.98. The van der Waals surface area contributed by atoms with E-state index in [1.807, 2.05) is 13.8 Å². The first-order valence-electron chi connectivity index (χ1n) is 6.28. The molecule has 1 aromatic rings. The molecule has 0 fully saturated rings. The Kier molecular flexibility index (Phi) is 6.25. The van der Waals surface area contributed by atoms with Crippen LogP contribution >= 0.6 is 11.6 Å². The molecule has 19 heavy (non-hydrogen) atoms. The van der Waals surface area contributed by atoms with Crippen molar-refractivity contribution in [3.8, 4) is 0 Å². The maximum Gasteiger partial charge on any atom is 0.224 e. The summed E-state index contributed by atoms with van der Waals surface area (Å²) >= 11 is 5.87. The van der Waals surface area contributed by atoms with Crippen LogP contribution in [0.4, 0.5) is 4.39 Å². The second-order valence-electron chi connectivity index (χ2n) is 4.84. The van der Waals surface area contributed by atoms with Gasteiger partial charge in [-0.2, -0.15) is 0 Å². The van der Waals surface area contributed by atoms with Crippen molar-refractivity contribution in [1.82, 2.24) is 5.32 Å². The molecule has 0 saturated carbocycles. The Morgan fingerprint density at radius 3 is 2.68 bits per heavy atom. The van der Waals surface area contributed by atoms with Crippen LogP contribution in [0.2, 0.25) is 5.02 Å². The number of hydrogen-bond acceptors (Lipinski definition) is 2. The zero-order valence-corrected chi connectivity index (χ0v) is 11.9. The van der Waals surface area contributed by atoms with Crippen LogP contribution in [0.1, 0.15) is 25.8 Å². The van der Waals surface area contributed by atoms with E-state index in [0.717, 1.165) is 0 Å². The number of hydrogen-bond donors (Lipinski definition) is 2. The van der Waals surface area contributed by atoms with Crippen molar-refractivity contribution in [1.29, 1.82) is 0 Å². The molecule has 0 aliphatic carbocycles. The standard InChI is InChI=1S/C14H19ClFNO2/c1-9(2)13(5-6-18)17-14(19)7-10-3-4-11(16)8-12(10)15/h3-4,8-9,13,18H,5-7H2,1-2H3,(H,17,19). The average Bonchev–Trinajstić information content (AvgIpc) is 2.32. The molecule has 5 heteroatoms. The lowest BCUT2D eigenvalue weighted by Crippen LogP contribution is -2.40. The Morgan fingerprint density at radius 2 is 2.16 bits per heavy atom. The number of carbonyl (C=O) groups excluding carboxylic acids is 1. The third-order valence-electron chi connectivity index (χ3n) is 2.96. The molecule has 1 aromatic carbocycles. The molecule has 1 amide bonds. The molecule has 0 aromatic heterocycles. The minimum Gasteiger partial charge on any atom is -0.396 e. The lowest BCUT2D eigenvalue weighted by molar-refractivity contribution is -0.121. The van der Waals surface area contributed by atoms with Crippen LogP contribution in [0.15, 0.2) is 18.2 Å². The average molecular weight is 288 g/mol. The molecule has 3 nitrogen and oxygen atoms in total. The van der Waals surface area contributed by atoms with Crippen LogP contribution < -0.4 is 5.32 Å². The van der Waals surface area contributed by atoms with Gasteiger partial charge in [0.05, 0.1) is 6.42 Å². The van der Waals surface area contributed by atoms with E-state index in [1.54, 1.807) is 0 Å². The van der Waals surface area contributed by atoms with Gasteiger partial charge in [-0.25, -0.2) is 4.39 Å². The van der Waals surface area contributed by atoms with Crippen LogP contribution in [0.5, 0.6) is 0 Å². The number of benzene rings is 1. The molecule has 0 aliphatic rings. The van der Waals surface area contributed by atoms with Gasteiger partial charge in [-0.05, 0) is 30.0 Å². The Balaban J connectivity index is 2.63. The van der Waals surface area contributed by atoms with Gasteiger partial charge >= 0.3 is 0 Å². The number of halogens is 2. The molecule has 0 bridgehead atoms. The van der Waals surface area contributed by atoms with Crippen LogP contribution in [-0.4, -0.2) is 23.7 Å². The third-order valence-corrected chi connectivity index (χ3v) is 3.31. The van der Waals surface area contributed by atoms with Crippen molar-refractivity contribution >= 4 is 17.5 Å². The van der Waals surface area contributed by atoms with Crippen molar-refractivity contribution in [3.63, 3.8) is 0 Å². The van der Waals surface area contributed by atoms with E-state index in [-0.39, 0.29) is 35.9 Å². The lowest BCUT2D eigenvalue weighted by Gasteiger charge is -2.21. The smallest absolute Gasteiger partial charge is 0.224 e. The first-order valence-corrected chi connectivity index (χ1v) is 6.66. The number of aliphatic hydroxyl groups is 1. The van der Waals surface area contributed by atoms with Gasteiger partial charge in [-0.3, -0.25) is 4.79 Å². The number of carbonyl (C=O) groups is 1. The summed E-state index contributed by atoms with van der Waals surface area (Å²) in [5, 5.41) is 12.1. The first kappa shape index (κ1) is 15.9. The van der Waals surface area contributed by atoms with Gasteiger partial charge in [-0.15, -0.1) is 0 Å². The van der Waals surface area contributed by atoms with Crippen LogP contribution in [0.25, 0.3) is 0 Å². The predicted molar refractivity (Wildman–Crippen MR) is 73.6 cm³/mol. The number of amides is 1. The summed E-state index contributed by atoms with van der Waals surface area (Å²) in [5.41, 5.74) is 0.590. The summed E-state index contributed by atoms with van der Waals surface area (Å²) in [4.78, 5) is 11.9. The molecule has 0 aliphatic heterocycles. The minimum absolute atomic E-state index is 0.0282. The summed E-state index contributed by atoms with van der Waals surface area (Å²) in [5.74, 6) is -0.366. The molecular weight excluding hydrogens is 269 g/mol. The third kappa shape index (κ3) is 5.17.